The third-order valence-electron chi connectivity index (χ3n) is 3.89. The molecule has 0 radical (unpaired) electrons. The number of allylic oxidation sites excluding steroid dienone is 2. The molecule has 13 heteroatoms. The lowest BCUT2D eigenvalue weighted by Crippen LogP contribution is -2.24. The topological polar surface area (TPSA) is 138 Å². The highest BCUT2D eigenvalue weighted by molar-refractivity contribution is 7.90. The number of aliphatic imine (C=N–C) groups is 1. The maximum atomic E-state index is 13.1. The Morgan fingerprint density at radius 3 is 2.58 bits per heavy atom. The number of benzene rings is 1. The average Bonchev–Trinajstić information content (AvgIpc) is 3.16. The number of aromatic nitrogens is 2. The van der Waals surface area contributed by atoms with Crippen LogP contribution in [0, 0.1) is 0 Å². The van der Waals surface area contributed by atoms with E-state index < -0.39 is 51.4 Å². The summed E-state index contributed by atoms with van der Waals surface area (Å²) in [7, 11) is -3.52. The van der Waals surface area contributed by atoms with Crippen LogP contribution in [-0.4, -0.2) is 55.8 Å². The van der Waals surface area contributed by atoms with Crippen molar-refractivity contribution in [2.45, 2.75) is 24.9 Å². The van der Waals surface area contributed by atoms with Crippen molar-refractivity contribution in [1.82, 2.24) is 10.1 Å². The van der Waals surface area contributed by atoms with Gasteiger partial charge >= 0.3 is 12.1 Å². The minimum atomic E-state index is -4.86. The summed E-state index contributed by atoms with van der Waals surface area (Å²) in [4.78, 5) is 19.4. The highest BCUT2D eigenvalue weighted by Crippen LogP contribution is 2.26. The predicted molar refractivity (Wildman–Crippen MR) is 104 cm³/mol. The number of hydrogen-bond acceptors (Lipinski definition) is 9. The van der Waals surface area contributed by atoms with Gasteiger partial charge in [0.05, 0.1) is 11.5 Å². The number of alkyl halides is 3. The van der Waals surface area contributed by atoms with Crippen molar-refractivity contribution >= 4 is 21.5 Å². The number of nitrogens with two attached hydrogens (primary N) is 1. The molecular formula is C18H19F3N4O5S. The lowest BCUT2D eigenvalue weighted by Gasteiger charge is -2.11. The van der Waals surface area contributed by atoms with E-state index in [9.17, 15) is 26.4 Å². The average molecular weight is 460 g/mol. The second kappa shape index (κ2) is 9.29. The Labute approximate surface area is 175 Å². The van der Waals surface area contributed by atoms with Crippen LogP contribution < -0.4 is 5.73 Å². The van der Waals surface area contributed by atoms with E-state index in [1.807, 2.05) is 0 Å². The zero-order valence-corrected chi connectivity index (χ0v) is 17.5. The summed E-state index contributed by atoms with van der Waals surface area (Å²) in [5, 5.41) is 3.68. The largest absolute Gasteiger partial charge is 0.465 e. The molecule has 0 saturated carbocycles. The fourth-order valence-corrected chi connectivity index (χ4v) is 3.01. The first-order valence-electron chi connectivity index (χ1n) is 8.73. The molecule has 0 saturated heterocycles. The van der Waals surface area contributed by atoms with Crippen LogP contribution in [0.4, 0.5) is 13.2 Å². The number of ether oxygens (including phenoxy) is 1. The van der Waals surface area contributed by atoms with E-state index in [-0.39, 0.29) is 22.9 Å². The summed E-state index contributed by atoms with van der Waals surface area (Å²) in [6, 6.07) is 5.59. The lowest BCUT2D eigenvalue weighted by atomic mass is 10.1. The van der Waals surface area contributed by atoms with Gasteiger partial charge in [0, 0.05) is 17.4 Å². The number of hydrogen-bond donors (Lipinski definition) is 1. The van der Waals surface area contributed by atoms with Gasteiger partial charge in [0.25, 0.3) is 5.89 Å². The van der Waals surface area contributed by atoms with E-state index in [1.54, 1.807) is 6.92 Å². The van der Waals surface area contributed by atoms with E-state index in [0.29, 0.717) is 0 Å². The Kier molecular flexibility index (Phi) is 7.21. The van der Waals surface area contributed by atoms with Crippen molar-refractivity contribution in [3.8, 4) is 11.4 Å². The van der Waals surface area contributed by atoms with Gasteiger partial charge in [-0.05, 0) is 26.0 Å². The summed E-state index contributed by atoms with van der Waals surface area (Å²) in [5.74, 6) is -1.31. The fourth-order valence-electron chi connectivity index (χ4n) is 2.34. The van der Waals surface area contributed by atoms with Gasteiger partial charge in [-0.25, -0.2) is 8.42 Å². The highest BCUT2D eigenvalue weighted by atomic mass is 32.2. The molecule has 0 amide bonds. The Morgan fingerprint density at radius 1 is 1.32 bits per heavy atom. The first kappa shape index (κ1) is 24.1. The smallest absolute Gasteiger partial charge is 0.431 e. The van der Waals surface area contributed by atoms with Crippen LogP contribution in [0.1, 0.15) is 19.7 Å². The van der Waals surface area contributed by atoms with Gasteiger partial charge in [-0.1, -0.05) is 17.3 Å². The predicted octanol–water partition coefficient (Wildman–Crippen LogP) is 2.29. The molecule has 0 aliphatic carbocycles. The van der Waals surface area contributed by atoms with Gasteiger partial charge in [0.15, 0.2) is 9.84 Å². The molecule has 0 unspecified atom stereocenters. The van der Waals surface area contributed by atoms with Crippen molar-refractivity contribution in [2.24, 2.45) is 10.7 Å². The van der Waals surface area contributed by atoms with Crippen molar-refractivity contribution < 1.29 is 35.6 Å². The highest BCUT2D eigenvalue weighted by Gasteiger charge is 2.35. The van der Waals surface area contributed by atoms with Crippen LogP contribution in [0.15, 0.2) is 49.9 Å². The summed E-state index contributed by atoms with van der Waals surface area (Å²) in [5.41, 5.74) is 3.00. The summed E-state index contributed by atoms with van der Waals surface area (Å²) < 4.78 is 72.4. The minimum Gasteiger partial charge on any atom is -0.465 e. The van der Waals surface area contributed by atoms with Gasteiger partial charge in [-0.15, -0.1) is 0 Å². The molecule has 0 aliphatic rings. The molecule has 168 valence electrons. The second-order valence-corrected chi connectivity index (χ2v) is 8.25. The molecule has 31 heavy (non-hydrogen) atoms. The molecule has 0 fully saturated rings. The zero-order chi connectivity index (χ0) is 23.4. The maximum absolute atomic E-state index is 13.1. The summed E-state index contributed by atoms with van der Waals surface area (Å²) >= 11 is 0. The number of sulfone groups is 1. The molecule has 0 bridgehead atoms. The molecular weight excluding hydrogens is 441 g/mol. The molecule has 0 spiro atoms. The van der Waals surface area contributed by atoms with Crippen molar-refractivity contribution in [3.05, 3.63) is 41.4 Å². The van der Waals surface area contributed by atoms with Gasteiger partial charge in [-0.3, -0.25) is 9.79 Å². The molecule has 2 rings (SSSR count). The molecule has 0 aliphatic heterocycles. The molecule has 2 N–H and O–H groups in total. The number of nitrogens with zero attached hydrogens (tertiary/aromatic N) is 3. The standard InChI is InChI=1S/C18H19F3N4O5S/c1-4-29-13(26)9-23-14(10(2)15(22)18(19,20)21)17-24-16(25-30-17)11-6-5-7-12(8-11)31(3,27)28/h5-8H,4,9,22H2,1-3H3. The van der Waals surface area contributed by atoms with E-state index in [2.05, 4.69) is 15.1 Å². The van der Waals surface area contributed by atoms with Crippen LogP contribution in [0.25, 0.3) is 11.4 Å². The quantitative estimate of drug-likeness (QED) is 0.491. The Balaban J connectivity index is 2.53. The van der Waals surface area contributed by atoms with Crippen LogP contribution in [-0.2, 0) is 19.4 Å². The molecule has 1 heterocycles. The van der Waals surface area contributed by atoms with Gasteiger partial charge in [0.2, 0.25) is 5.82 Å². The fraction of sp³-hybridized carbons (Fsp3) is 0.333. The summed E-state index contributed by atoms with van der Waals surface area (Å²) in [6.45, 7) is 2.06. The van der Waals surface area contributed by atoms with Crippen molar-refractivity contribution in [1.29, 1.82) is 0 Å². The van der Waals surface area contributed by atoms with Crippen LogP contribution in [0.2, 0.25) is 0 Å². The molecule has 9 nitrogen and oxygen atoms in total. The van der Waals surface area contributed by atoms with Gasteiger partial charge in [-0.2, -0.15) is 18.2 Å². The van der Waals surface area contributed by atoms with E-state index in [4.69, 9.17) is 15.0 Å². The van der Waals surface area contributed by atoms with Gasteiger partial charge < -0.3 is 15.0 Å². The Morgan fingerprint density at radius 2 is 2.00 bits per heavy atom. The lowest BCUT2D eigenvalue weighted by molar-refractivity contribution is -0.141. The maximum Gasteiger partial charge on any atom is 0.431 e. The van der Waals surface area contributed by atoms with Crippen LogP contribution in [0.3, 0.4) is 0 Å². The molecule has 1 aromatic heterocycles. The number of carbonyl (C=O) groups is 1. The van der Waals surface area contributed by atoms with E-state index >= 15 is 0 Å². The second-order valence-electron chi connectivity index (χ2n) is 6.23. The van der Waals surface area contributed by atoms with Crippen molar-refractivity contribution in [2.75, 3.05) is 19.4 Å². The SMILES string of the molecule is CCOC(=O)CN=C(C(C)=C(N)C(F)(F)F)c1nc(-c2cccc(S(C)(=O)=O)c2)no1. The minimum absolute atomic E-state index is 0.00931. The number of carbonyl (C=O) groups excluding carboxylic acids is 1. The molecule has 1 aromatic carbocycles. The number of halogens is 3. The third kappa shape index (κ3) is 6.13. The molecule has 0 atom stereocenters. The van der Waals surface area contributed by atoms with Crippen LogP contribution in [0.5, 0.6) is 0 Å². The first-order chi connectivity index (χ1) is 14.3. The van der Waals surface area contributed by atoms with E-state index in [1.165, 1.54) is 24.3 Å². The number of esters is 1. The summed E-state index contributed by atoms with van der Waals surface area (Å²) in [6.07, 6.45) is -3.84. The normalized spacial score (nSPS) is 13.7. The number of rotatable bonds is 7. The Hall–Kier alpha value is -3.22. The van der Waals surface area contributed by atoms with Crippen molar-refractivity contribution in [3.63, 3.8) is 0 Å². The monoisotopic (exact) mass is 460 g/mol. The molecule has 2 aromatic rings. The Bertz CT molecular complexity index is 1140. The third-order valence-corrected chi connectivity index (χ3v) is 5.00. The van der Waals surface area contributed by atoms with Crippen LogP contribution >= 0.6 is 0 Å². The van der Waals surface area contributed by atoms with E-state index in [0.717, 1.165) is 13.2 Å². The zero-order valence-electron chi connectivity index (χ0n) is 16.7. The van der Waals surface area contributed by atoms with Gasteiger partial charge in [0.1, 0.15) is 18.0 Å². The first-order valence-corrected chi connectivity index (χ1v) is 10.6.